The van der Waals surface area contributed by atoms with Crippen molar-refractivity contribution in [1.82, 2.24) is 0 Å². The van der Waals surface area contributed by atoms with Gasteiger partial charge >= 0.3 is 0 Å². The van der Waals surface area contributed by atoms with Gasteiger partial charge in [0.25, 0.3) is 0 Å². The predicted molar refractivity (Wildman–Crippen MR) is 77.5 cm³/mol. The average molecular weight is 287 g/mol. The first-order valence-electron chi connectivity index (χ1n) is 6.15. The molecule has 0 aliphatic heterocycles. The molecule has 1 aromatic carbocycles. The number of hydrogen-bond acceptors (Lipinski definition) is 6. The zero-order valence-electron chi connectivity index (χ0n) is 12.5. The topological polar surface area (TPSA) is 99.8 Å². The third-order valence-electron chi connectivity index (χ3n) is 3.56. The lowest BCUT2D eigenvalue weighted by Crippen LogP contribution is -2.05. The Labute approximate surface area is 123 Å². The number of aliphatic imine (C=N–C) groups is 2. The largest absolute Gasteiger partial charge is 0.235 e. The van der Waals surface area contributed by atoms with E-state index in [9.17, 15) is 9.59 Å². The Morgan fingerprint density at radius 2 is 1.05 bits per heavy atom. The molecule has 0 saturated heterocycles. The van der Waals surface area contributed by atoms with E-state index < -0.39 is 0 Å². The second-order valence-electron chi connectivity index (χ2n) is 4.37. The molecule has 0 amide bonds. The molecule has 6 nitrogen and oxygen atoms in total. The number of nitrogens with one attached hydrogen (secondary N) is 1. The van der Waals surface area contributed by atoms with Crippen molar-refractivity contribution in [1.29, 1.82) is 5.41 Å². The summed E-state index contributed by atoms with van der Waals surface area (Å²) in [5, 5.41) is 5.40. The SMILES string of the molecule is Cc1c(C)c(C)c(CN=C=O)c(CN=C=O)c1C.N=C=O. The van der Waals surface area contributed by atoms with E-state index in [4.69, 9.17) is 10.2 Å². The van der Waals surface area contributed by atoms with Crippen molar-refractivity contribution in [2.75, 3.05) is 0 Å². The summed E-state index contributed by atoms with van der Waals surface area (Å²) in [5.41, 5.74) is 6.46. The fourth-order valence-electron chi connectivity index (χ4n) is 2.12. The molecule has 0 aliphatic carbocycles. The van der Waals surface area contributed by atoms with E-state index in [0.717, 1.165) is 28.3 Å². The summed E-state index contributed by atoms with van der Waals surface area (Å²) in [6.45, 7) is 8.62. The third-order valence-corrected chi connectivity index (χ3v) is 3.56. The molecular weight excluding hydrogens is 270 g/mol. The van der Waals surface area contributed by atoms with Crippen LogP contribution >= 0.6 is 0 Å². The molecule has 0 aliphatic rings. The lowest BCUT2D eigenvalue weighted by Gasteiger charge is -2.18. The first-order chi connectivity index (χ1) is 9.95. The van der Waals surface area contributed by atoms with Crippen molar-refractivity contribution in [3.8, 4) is 0 Å². The van der Waals surface area contributed by atoms with E-state index >= 15 is 0 Å². The maximum Gasteiger partial charge on any atom is 0.235 e. The van der Waals surface area contributed by atoms with Gasteiger partial charge in [0, 0.05) is 0 Å². The van der Waals surface area contributed by atoms with Crippen molar-refractivity contribution in [3.63, 3.8) is 0 Å². The molecule has 1 aromatic rings. The highest BCUT2D eigenvalue weighted by molar-refractivity contribution is 5.51. The van der Waals surface area contributed by atoms with Gasteiger partial charge in [-0.3, -0.25) is 0 Å². The summed E-state index contributed by atoms with van der Waals surface area (Å²) in [7, 11) is 0. The van der Waals surface area contributed by atoms with E-state index in [-0.39, 0.29) is 13.1 Å². The van der Waals surface area contributed by atoms with Gasteiger partial charge in [-0.05, 0) is 61.1 Å². The summed E-state index contributed by atoms with van der Waals surface area (Å²) in [6, 6.07) is 0. The predicted octanol–water partition coefficient (Wildman–Crippen LogP) is 2.49. The van der Waals surface area contributed by atoms with Crippen LogP contribution in [0.1, 0.15) is 33.4 Å². The van der Waals surface area contributed by atoms with Gasteiger partial charge in [-0.15, -0.1) is 0 Å². The van der Waals surface area contributed by atoms with E-state index in [1.807, 2.05) is 27.7 Å². The molecule has 21 heavy (non-hydrogen) atoms. The van der Waals surface area contributed by atoms with Gasteiger partial charge in [-0.25, -0.2) is 29.8 Å². The van der Waals surface area contributed by atoms with Crippen molar-refractivity contribution >= 4 is 18.2 Å². The minimum atomic E-state index is 0.279. The van der Waals surface area contributed by atoms with Crippen LogP contribution in [-0.4, -0.2) is 18.2 Å². The van der Waals surface area contributed by atoms with Crippen molar-refractivity contribution in [2.45, 2.75) is 40.8 Å². The van der Waals surface area contributed by atoms with Gasteiger partial charge in [0.1, 0.15) is 0 Å². The summed E-state index contributed by atoms with van der Waals surface area (Å²) >= 11 is 0. The molecule has 6 heteroatoms. The van der Waals surface area contributed by atoms with Gasteiger partial charge in [-0.1, -0.05) is 0 Å². The minimum absolute atomic E-state index is 0.279. The highest BCUT2D eigenvalue weighted by Gasteiger charge is 2.14. The maximum absolute atomic E-state index is 10.3. The molecule has 0 radical (unpaired) electrons. The zero-order valence-corrected chi connectivity index (χ0v) is 12.5. The van der Waals surface area contributed by atoms with Crippen LogP contribution in [0.3, 0.4) is 0 Å². The van der Waals surface area contributed by atoms with Crippen LogP contribution in [0.5, 0.6) is 0 Å². The van der Waals surface area contributed by atoms with Crippen LogP contribution in [0, 0.1) is 33.1 Å². The molecule has 0 spiro atoms. The number of carbonyl (C=O) groups excluding carboxylic acids is 3. The molecule has 0 unspecified atom stereocenters. The number of hydrogen-bond donors (Lipinski definition) is 1. The van der Waals surface area contributed by atoms with Gasteiger partial charge in [0.2, 0.25) is 18.2 Å². The summed E-state index contributed by atoms with van der Waals surface area (Å²) in [4.78, 5) is 36.2. The van der Waals surface area contributed by atoms with Crippen molar-refractivity contribution in [2.24, 2.45) is 9.98 Å². The molecule has 0 bridgehead atoms. The standard InChI is InChI=1S/C14H16N2O2.CHNO/c1-9-10(2)12(4)14(6-16-8-18)13(11(9)3)5-15-7-17;2-1-3/h5-6H2,1-4H3;2H. The van der Waals surface area contributed by atoms with Gasteiger partial charge in [0.15, 0.2) is 0 Å². The monoisotopic (exact) mass is 287 g/mol. The second-order valence-corrected chi connectivity index (χ2v) is 4.37. The van der Waals surface area contributed by atoms with Gasteiger partial charge in [-0.2, -0.15) is 0 Å². The first kappa shape index (κ1) is 18.4. The molecule has 0 aromatic heterocycles. The number of benzene rings is 1. The Hall–Kier alpha value is -2.64. The third kappa shape index (κ3) is 4.75. The Kier molecular flexibility index (Phi) is 8.13. The lowest BCUT2D eigenvalue weighted by molar-refractivity contribution is 0.561. The van der Waals surface area contributed by atoms with Crippen LogP contribution in [0.2, 0.25) is 0 Å². The molecule has 1 rings (SSSR count). The Morgan fingerprint density at radius 3 is 1.29 bits per heavy atom. The summed E-state index contributed by atoms with van der Waals surface area (Å²) in [5.74, 6) is 0. The molecule has 1 N–H and O–H groups in total. The van der Waals surface area contributed by atoms with E-state index in [0.29, 0.717) is 0 Å². The minimum Gasteiger partial charge on any atom is -0.222 e. The fourth-order valence-corrected chi connectivity index (χ4v) is 2.12. The average Bonchev–Trinajstić information content (AvgIpc) is 2.47. The Balaban J connectivity index is 0.00000122. The highest BCUT2D eigenvalue weighted by atomic mass is 16.1. The summed E-state index contributed by atoms with van der Waals surface area (Å²) < 4.78 is 0. The van der Waals surface area contributed by atoms with Crippen LogP contribution in [-0.2, 0) is 27.5 Å². The first-order valence-corrected chi connectivity index (χ1v) is 6.15. The molecule has 0 fully saturated rings. The normalized spacial score (nSPS) is 8.57. The smallest absolute Gasteiger partial charge is 0.222 e. The fraction of sp³-hybridized carbons (Fsp3) is 0.400. The molecule has 0 heterocycles. The summed E-state index contributed by atoms with van der Waals surface area (Å²) in [6.07, 6.45) is 3.84. The highest BCUT2D eigenvalue weighted by Crippen LogP contribution is 2.27. The second kappa shape index (κ2) is 9.29. The maximum atomic E-state index is 10.3. The molecular formula is C15H17N3O3. The van der Waals surface area contributed by atoms with Crippen molar-refractivity contribution < 1.29 is 14.4 Å². The number of rotatable bonds is 4. The Morgan fingerprint density at radius 1 is 0.762 bits per heavy atom. The quantitative estimate of drug-likeness (QED) is 0.680. The number of nitrogens with zero attached hydrogens (tertiary/aromatic N) is 2. The van der Waals surface area contributed by atoms with Crippen molar-refractivity contribution in [3.05, 3.63) is 33.4 Å². The Bertz CT molecular complexity index is 596. The number of isocyanates is 3. The molecule has 0 atom stereocenters. The van der Waals surface area contributed by atoms with Crippen LogP contribution in [0.15, 0.2) is 9.98 Å². The van der Waals surface area contributed by atoms with Gasteiger partial charge < -0.3 is 0 Å². The van der Waals surface area contributed by atoms with E-state index in [2.05, 4.69) is 9.98 Å². The van der Waals surface area contributed by atoms with E-state index in [1.165, 1.54) is 11.1 Å². The van der Waals surface area contributed by atoms with Crippen LogP contribution in [0.25, 0.3) is 0 Å². The molecule has 0 saturated carbocycles. The lowest BCUT2D eigenvalue weighted by atomic mass is 9.89. The van der Waals surface area contributed by atoms with Gasteiger partial charge in [0.05, 0.1) is 13.1 Å². The van der Waals surface area contributed by atoms with E-state index in [1.54, 1.807) is 12.2 Å². The van der Waals surface area contributed by atoms with Crippen LogP contribution in [0.4, 0.5) is 0 Å². The molecule has 110 valence electrons. The van der Waals surface area contributed by atoms with Crippen LogP contribution < -0.4 is 0 Å². The zero-order chi connectivity index (χ0) is 16.4.